The molecule has 1 saturated heterocycles. The Morgan fingerprint density at radius 2 is 2.44 bits per heavy atom. The molecule has 0 aliphatic carbocycles. The first kappa shape index (κ1) is 11.1. The van der Waals surface area contributed by atoms with Crippen molar-refractivity contribution in [2.75, 3.05) is 12.3 Å². The molecule has 1 aliphatic heterocycles. The smallest absolute Gasteiger partial charge is 0.257 e. The van der Waals surface area contributed by atoms with Crippen LogP contribution in [0, 0.1) is 0 Å². The Labute approximate surface area is 91.1 Å². The minimum atomic E-state index is -0.778. The maximum Gasteiger partial charge on any atom is 0.257 e. The molecular formula is C9H13N3O4. The van der Waals surface area contributed by atoms with Crippen molar-refractivity contribution in [2.45, 2.75) is 24.9 Å². The summed E-state index contributed by atoms with van der Waals surface area (Å²) in [5, 5.41) is 18.4. The summed E-state index contributed by atoms with van der Waals surface area (Å²) < 4.78 is 6.56. The fourth-order valence-electron chi connectivity index (χ4n) is 1.69. The van der Waals surface area contributed by atoms with E-state index in [0.29, 0.717) is 0 Å². The third-order valence-electron chi connectivity index (χ3n) is 2.55. The number of aromatic nitrogens is 2. The Hall–Kier alpha value is -1.44. The molecule has 1 fully saturated rings. The van der Waals surface area contributed by atoms with Gasteiger partial charge in [-0.2, -0.15) is 0 Å². The van der Waals surface area contributed by atoms with Gasteiger partial charge in [-0.05, 0) is 0 Å². The maximum atomic E-state index is 11.5. The quantitative estimate of drug-likeness (QED) is 0.565. The number of anilines is 1. The summed E-state index contributed by atoms with van der Waals surface area (Å²) in [4.78, 5) is 15.3. The van der Waals surface area contributed by atoms with E-state index in [0.717, 1.165) is 0 Å². The lowest BCUT2D eigenvalue weighted by Gasteiger charge is -2.13. The number of ether oxygens (including phenoxy) is 1. The molecule has 1 aliphatic rings. The number of aliphatic hydroxyl groups is 2. The third kappa shape index (κ3) is 1.92. The summed E-state index contributed by atoms with van der Waals surface area (Å²) in [5.74, 6) is 0.138. The molecule has 0 saturated carbocycles. The highest BCUT2D eigenvalue weighted by atomic mass is 16.5. The molecule has 1 aromatic heterocycles. The van der Waals surface area contributed by atoms with Gasteiger partial charge in [0.05, 0.1) is 12.7 Å². The van der Waals surface area contributed by atoms with Crippen LogP contribution in [-0.4, -0.2) is 38.6 Å². The van der Waals surface area contributed by atoms with Gasteiger partial charge in [-0.3, -0.25) is 9.36 Å². The minimum absolute atomic E-state index is 0.138. The first-order valence-corrected chi connectivity index (χ1v) is 4.90. The van der Waals surface area contributed by atoms with E-state index in [-0.39, 0.29) is 24.4 Å². The zero-order chi connectivity index (χ0) is 11.7. The predicted molar refractivity (Wildman–Crippen MR) is 54.5 cm³/mol. The van der Waals surface area contributed by atoms with Crippen LogP contribution < -0.4 is 11.3 Å². The second-order valence-electron chi connectivity index (χ2n) is 3.67. The van der Waals surface area contributed by atoms with Gasteiger partial charge in [0.25, 0.3) is 5.56 Å². The molecule has 0 radical (unpaired) electrons. The van der Waals surface area contributed by atoms with Crippen molar-refractivity contribution in [3.8, 4) is 0 Å². The monoisotopic (exact) mass is 227 g/mol. The summed E-state index contributed by atoms with van der Waals surface area (Å²) >= 11 is 0. The largest absolute Gasteiger partial charge is 0.394 e. The van der Waals surface area contributed by atoms with Gasteiger partial charge < -0.3 is 20.7 Å². The first-order valence-electron chi connectivity index (χ1n) is 4.90. The van der Waals surface area contributed by atoms with E-state index in [1.54, 1.807) is 0 Å². The van der Waals surface area contributed by atoms with E-state index in [2.05, 4.69) is 4.98 Å². The number of hydrogen-bond acceptors (Lipinski definition) is 6. The molecule has 0 bridgehead atoms. The Balaban J connectivity index is 2.23. The average molecular weight is 227 g/mol. The van der Waals surface area contributed by atoms with Crippen molar-refractivity contribution in [1.29, 1.82) is 0 Å². The van der Waals surface area contributed by atoms with Gasteiger partial charge in [0, 0.05) is 12.5 Å². The molecule has 0 spiro atoms. The number of nitrogen functional groups attached to an aromatic ring is 1. The Morgan fingerprint density at radius 1 is 1.69 bits per heavy atom. The summed E-state index contributed by atoms with van der Waals surface area (Å²) in [6.07, 6.45) is -0.521. The first-order chi connectivity index (χ1) is 7.61. The molecule has 7 nitrogen and oxygen atoms in total. The van der Waals surface area contributed by atoms with Crippen LogP contribution >= 0.6 is 0 Å². The molecule has 16 heavy (non-hydrogen) atoms. The second-order valence-corrected chi connectivity index (χ2v) is 3.67. The summed E-state index contributed by atoms with van der Waals surface area (Å²) in [5.41, 5.74) is 5.01. The van der Waals surface area contributed by atoms with E-state index in [1.807, 2.05) is 0 Å². The zero-order valence-electron chi connectivity index (χ0n) is 8.48. The minimum Gasteiger partial charge on any atom is -0.394 e. The van der Waals surface area contributed by atoms with E-state index < -0.39 is 18.4 Å². The van der Waals surface area contributed by atoms with Crippen LogP contribution in [0.1, 0.15) is 12.6 Å². The van der Waals surface area contributed by atoms with Gasteiger partial charge in [-0.1, -0.05) is 0 Å². The van der Waals surface area contributed by atoms with Crippen molar-refractivity contribution in [1.82, 2.24) is 9.55 Å². The van der Waals surface area contributed by atoms with Gasteiger partial charge in [0.1, 0.15) is 24.5 Å². The van der Waals surface area contributed by atoms with Crippen LogP contribution in [0.2, 0.25) is 0 Å². The molecule has 2 heterocycles. The molecule has 4 N–H and O–H groups in total. The van der Waals surface area contributed by atoms with Gasteiger partial charge in [-0.25, -0.2) is 4.98 Å². The zero-order valence-corrected chi connectivity index (χ0v) is 8.48. The van der Waals surface area contributed by atoms with E-state index in [1.165, 1.54) is 17.0 Å². The third-order valence-corrected chi connectivity index (χ3v) is 2.55. The second kappa shape index (κ2) is 4.20. The predicted octanol–water partition coefficient (Wildman–Crippen LogP) is -1.53. The summed E-state index contributed by atoms with van der Waals surface area (Å²) in [6, 6.07) is 1.18. The van der Waals surface area contributed by atoms with Gasteiger partial charge in [0.2, 0.25) is 0 Å². The van der Waals surface area contributed by atoms with Crippen LogP contribution in [0.15, 0.2) is 17.2 Å². The van der Waals surface area contributed by atoms with Gasteiger partial charge >= 0.3 is 0 Å². The molecular weight excluding hydrogens is 214 g/mol. The Kier molecular flexibility index (Phi) is 2.90. The van der Waals surface area contributed by atoms with Crippen molar-refractivity contribution < 1.29 is 14.9 Å². The number of rotatable bonds is 2. The Bertz CT molecular complexity index is 433. The van der Waals surface area contributed by atoms with Crippen LogP contribution in [-0.2, 0) is 4.74 Å². The Morgan fingerprint density at radius 3 is 3.00 bits per heavy atom. The number of nitrogens with zero attached hydrogens (tertiary/aromatic N) is 2. The molecule has 88 valence electrons. The number of hydrogen-bond donors (Lipinski definition) is 3. The lowest BCUT2D eigenvalue weighted by Crippen LogP contribution is -2.26. The lowest BCUT2D eigenvalue weighted by atomic mass is 10.2. The normalized spacial score (nSPS) is 29.5. The van der Waals surface area contributed by atoms with Crippen LogP contribution in [0.25, 0.3) is 0 Å². The fourth-order valence-corrected chi connectivity index (χ4v) is 1.69. The van der Waals surface area contributed by atoms with Gasteiger partial charge in [-0.15, -0.1) is 0 Å². The van der Waals surface area contributed by atoms with Gasteiger partial charge in [0.15, 0.2) is 0 Å². The highest BCUT2D eigenvalue weighted by Crippen LogP contribution is 2.26. The highest BCUT2D eigenvalue weighted by molar-refractivity contribution is 5.23. The van der Waals surface area contributed by atoms with E-state index in [4.69, 9.17) is 15.6 Å². The van der Waals surface area contributed by atoms with Crippen LogP contribution in [0.5, 0.6) is 0 Å². The standard InChI is InChI=1S/C9H13N3O4/c10-7-2-8(15)12(4-11-7)9-1-5(14)6(3-13)16-9/h2,4-6,9,13-14H,1,3,10H2. The molecule has 3 unspecified atom stereocenters. The molecule has 0 aromatic carbocycles. The van der Waals surface area contributed by atoms with Crippen molar-refractivity contribution in [3.05, 3.63) is 22.7 Å². The van der Waals surface area contributed by atoms with E-state index in [9.17, 15) is 9.90 Å². The number of nitrogens with two attached hydrogens (primary N) is 1. The van der Waals surface area contributed by atoms with Crippen molar-refractivity contribution in [3.63, 3.8) is 0 Å². The summed E-state index contributed by atoms with van der Waals surface area (Å²) in [7, 11) is 0. The van der Waals surface area contributed by atoms with Crippen LogP contribution in [0.4, 0.5) is 5.82 Å². The lowest BCUT2D eigenvalue weighted by molar-refractivity contribution is -0.0457. The van der Waals surface area contributed by atoms with E-state index >= 15 is 0 Å². The molecule has 3 atom stereocenters. The van der Waals surface area contributed by atoms with Crippen molar-refractivity contribution in [2.24, 2.45) is 0 Å². The molecule has 1 aromatic rings. The fraction of sp³-hybridized carbons (Fsp3) is 0.556. The molecule has 7 heteroatoms. The average Bonchev–Trinajstić information content (AvgIpc) is 2.59. The van der Waals surface area contributed by atoms with Crippen molar-refractivity contribution >= 4 is 5.82 Å². The summed E-state index contributed by atoms with van der Waals surface area (Å²) in [6.45, 7) is -0.283. The molecule has 0 amide bonds. The van der Waals surface area contributed by atoms with Crippen LogP contribution in [0.3, 0.4) is 0 Å². The number of aliphatic hydroxyl groups excluding tert-OH is 2. The SMILES string of the molecule is Nc1cc(=O)n(C2CC(O)C(CO)O2)cn1. The highest BCUT2D eigenvalue weighted by Gasteiger charge is 2.34. The molecule has 2 rings (SSSR count). The topological polar surface area (TPSA) is 111 Å². The maximum absolute atomic E-state index is 11.5.